The first-order chi connectivity index (χ1) is 61.7. The number of hydrogen-bond donors (Lipinski definition) is 10. The van der Waals surface area contributed by atoms with Gasteiger partial charge in [-0.1, -0.05) is 30.8 Å². The summed E-state index contributed by atoms with van der Waals surface area (Å²) < 4.78 is 140. The van der Waals surface area contributed by atoms with E-state index in [0.29, 0.717) is 93.3 Å². The normalized spacial score (nSPS) is 13.4. The third-order valence-electron chi connectivity index (χ3n) is 19.6. The first kappa shape index (κ1) is 118. The van der Waals surface area contributed by atoms with Gasteiger partial charge in [0.2, 0.25) is 17.8 Å². The van der Waals surface area contributed by atoms with Crippen LogP contribution in [-0.4, -0.2) is 258 Å². The van der Waals surface area contributed by atoms with Gasteiger partial charge < -0.3 is 105 Å². The Labute approximate surface area is 772 Å². The Kier molecular flexibility index (Phi) is 54.0. The molecule has 7 rings (SSSR count). The van der Waals surface area contributed by atoms with Crippen LogP contribution in [0.3, 0.4) is 0 Å². The summed E-state index contributed by atoms with van der Waals surface area (Å²) in [4.78, 5) is 134. The van der Waals surface area contributed by atoms with E-state index < -0.39 is 123 Å². The van der Waals surface area contributed by atoms with Crippen molar-refractivity contribution < 1.29 is 128 Å². The quantitative estimate of drug-likeness (QED) is 0.00906. The molecule has 1 fully saturated rings. The average Bonchev–Trinajstić information content (AvgIpc) is 0.892. The minimum Gasteiger partial charge on any atom is -1.00 e. The zero-order valence-corrected chi connectivity index (χ0v) is 78.3. The first-order valence-electron chi connectivity index (χ1n) is 42.8. The number of nitrogens with zero attached hydrogens (tertiary/aromatic N) is 6. The number of unbranched alkanes of at least 4 members (excludes halogenated alkanes) is 5. The highest BCUT2D eigenvalue weighted by atomic mass is 35.5. The number of alkyl halides is 5. The van der Waals surface area contributed by atoms with Gasteiger partial charge in [0.25, 0.3) is 41.3 Å². The highest BCUT2D eigenvalue weighted by Crippen LogP contribution is 2.35. The van der Waals surface area contributed by atoms with Gasteiger partial charge in [0, 0.05) is 75.6 Å². The van der Waals surface area contributed by atoms with Crippen molar-refractivity contribution >= 4 is 90.5 Å². The van der Waals surface area contributed by atoms with Crippen LogP contribution in [0.4, 0.5) is 46.8 Å². The van der Waals surface area contributed by atoms with Crippen LogP contribution in [0, 0.1) is 23.4 Å². The highest BCUT2D eigenvalue weighted by molar-refractivity contribution is 8.28. The van der Waals surface area contributed by atoms with Gasteiger partial charge in [-0.3, -0.25) is 52.4 Å². The molecule has 0 aliphatic heterocycles. The molecule has 2 aromatic carbocycles. The van der Waals surface area contributed by atoms with E-state index in [1.807, 2.05) is 52.6 Å². The van der Waals surface area contributed by atoms with Gasteiger partial charge in [-0.05, 0) is 227 Å². The van der Waals surface area contributed by atoms with Crippen LogP contribution in [0.2, 0.25) is 0 Å². The fourth-order valence-corrected chi connectivity index (χ4v) is 12.9. The van der Waals surface area contributed by atoms with Crippen LogP contribution < -0.4 is 91.3 Å². The molecule has 1 saturated carbocycles. The monoisotopic (exact) mass is 1910 g/mol. The molecule has 0 radical (unpaired) electrons. The summed E-state index contributed by atoms with van der Waals surface area (Å²) >= 11 is 0. The summed E-state index contributed by atoms with van der Waals surface area (Å²) in [6, 6.07) is 14.2. The topological polar surface area (TPSA) is 488 Å². The zero-order valence-electron chi connectivity index (χ0n) is 76.8. The summed E-state index contributed by atoms with van der Waals surface area (Å²) in [6.45, 7) is 3.03. The fourth-order valence-electron chi connectivity index (χ4n) is 12.1. The molecule has 0 saturated heterocycles. The second-order valence-electron chi connectivity index (χ2n) is 32.8. The van der Waals surface area contributed by atoms with Crippen LogP contribution in [0.5, 0.6) is 17.5 Å². The number of halogens is 9. The molecule has 738 valence electrons. The maximum atomic E-state index is 13.6. The van der Waals surface area contributed by atoms with Gasteiger partial charge in [0.1, 0.15) is 43.0 Å². The standard InChI is InChI=1S/C20H21F3N2O3.C19H27N5O4.C18H25N5O4.C16H27F5N2O4.C16H30N2O2S.ClH/c21-14-6-3-5-13(11-14)20(27)25-17(9-1-2-10-24)18(26)12-28-19-15(22)7-4-8-16(19)23;1-24(2,3)17-8-7-14(12-21-17)19(26)22-15(6-4-5-10-20)16(25)13-27-18-9-11-28-23-18;1-23(2)16-7-6-13(11-20-16)18(25)21-14(5-3-4-9-19)15(24)12-26-17-8-10-27-22-17;1-14(2,26-4)13(25)23-10(7-5-6-8-22)11(24)9-27-12(15(3,17)18)16(19,20)21;1-21(2,3)12-15(19)14(10-6-7-11-17)18-16(20)13-8-4-5-9-13;/h3-8,11,17H,1-2,9-10,12,24H2,(H,25,27);7-9,11-12,15H,4-6,10,13,20H2,1-3H3;6-8,10-11,14H,3-5,9,12,19H2,1-2H3,(H,21,25);10,12H,5-9,22H2,1-4H3,(H,23,25);12-14H,1,4-11,17H2,2-3H3,(H,18,20);1H. The van der Waals surface area contributed by atoms with Gasteiger partial charge in [0.15, 0.2) is 59.5 Å². The van der Waals surface area contributed by atoms with E-state index in [-0.39, 0.29) is 104 Å². The Balaban J connectivity index is 0.000000559. The second-order valence-corrected chi connectivity index (χ2v) is 36.3. The number of pyridine rings is 2. The molecule has 4 aromatic heterocycles. The Hall–Kier alpha value is -10.4. The van der Waals surface area contributed by atoms with Crippen molar-refractivity contribution in [3.05, 3.63) is 138 Å². The van der Waals surface area contributed by atoms with Crippen molar-refractivity contribution in [2.75, 3.05) is 119 Å². The Morgan fingerprint density at radius 3 is 1.32 bits per heavy atom. The summed E-state index contributed by atoms with van der Waals surface area (Å²) in [5, 5.41) is 22.3. The predicted octanol–water partition coefficient (Wildman–Crippen LogP) is 5.99. The number of ketones is 5. The summed E-state index contributed by atoms with van der Waals surface area (Å²) in [5.74, 6) is -5.21. The van der Waals surface area contributed by atoms with Crippen molar-refractivity contribution in [2.45, 2.75) is 197 Å². The van der Waals surface area contributed by atoms with E-state index in [1.165, 1.54) is 82.3 Å². The predicted molar refractivity (Wildman–Crippen MR) is 484 cm³/mol. The van der Waals surface area contributed by atoms with Crippen molar-refractivity contribution in [1.29, 1.82) is 0 Å². The van der Waals surface area contributed by atoms with Crippen molar-refractivity contribution in [2.24, 2.45) is 34.6 Å². The van der Waals surface area contributed by atoms with Crippen molar-refractivity contribution in [3.63, 3.8) is 0 Å². The molecule has 43 heteroatoms. The van der Waals surface area contributed by atoms with Crippen molar-refractivity contribution in [1.82, 2.24) is 51.3 Å². The Bertz CT molecular complexity index is 4560. The molecule has 1 aliphatic rings. The average molecular weight is 1920 g/mol. The lowest BCUT2D eigenvalue weighted by Gasteiger charge is -2.28. The molecule has 1 aliphatic carbocycles. The van der Waals surface area contributed by atoms with Crippen LogP contribution in [0.15, 0.2) is 113 Å². The number of hydrogen-bond acceptors (Lipinski definition) is 27. The minimum atomic E-state index is -5.35. The van der Waals surface area contributed by atoms with E-state index >= 15 is 0 Å². The maximum Gasteiger partial charge on any atom is 0.420 e. The van der Waals surface area contributed by atoms with Gasteiger partial charge in [-0.2, -0.15) is 13.2 Å². The number of carbonyl (C=O) groups excluding carboxylic acids is 10. The summed E-state index contributed by atoms with van der Waals surface area (Å²) in [6.07, 6.45) is 13.8. The number of benzene rings is 2. The Morgan fingerprint density at radius 2 is 0.955 bits per heavy atom. The SMILES string of the molecule is C=S(C)(C)=CC(=O)C(CCCCN)NC(=O)C1CCCC1.CN(C)c1ccc(C(=O)NC(CCCCN)C(=O)COc2ccon2)cn1.COC(C)(C)C(=O)NC(CCCCN)C(=O)COC(C(C)(F)F)C(F)(F)F.C[N+](C)(C)c1ccc(C(=O)NC(CCCCN)C(=O)COc2ccon2)cn1.NCCCCC(NC(=O)c1cccc(F)c1)C(=O)COc1c(F)cccc1F.[Cl-]. The molecular formula is C89H131ClF8N16O17S. The van der Waals surface area contributed by atoms with Crippen LogP contribution in [0.1, 0.15) is 174 Å². The van der Waals surface area contributed by atoms with Gasteiger partial charge in [0.05, 0.1) is 62.5 Å². The van der Waals surface area contributed by atoms with Gasteiger partial charge in [-0.25, -0.2) is 41.1 Å². The number of nitrogens with two attached hydrogens (primary N) is 5. The third kappa shape index (κ3) is 45.8. The van der Waals surface area contributed by atoms with Gasteiger partial charge >= 0.3 is 6.18 Å². The van der Waals surface area contributed by atoms with E-state index in [9.17, 15) is 83.1 Å². The van der Waals surface area contributed by atoms with Gasteiger partial charge in [-0.15, -0.1) is 0 Å². The van der Waals surface area contributed by atoms with Crippen LogP contribution >= 0.6 is 9.21 Å². The number of methoxy groups -OCH3 is 1. The molecule has 15 N–H and O–H groups in total. The van der Waals surface area contributed by atoms with Crippen LogP contribution in [-0.2, 0) is 43.0 Å². The van der Waals surface area contributed by atoms with E-state index in [1.54, 1.807) is 29.6 Å². The first-order valence-corrected chi connectivity index (χ1v) is 45.4. The highest BCUT2D eigenvalue weighted by Gasteiger charge is 2.54. The molecule has 132 heavy (non-hydrogen) atoms. The zero-order chi connectivity index (χ0) is 98.1. The lowest BCUT2D eigenvalue weighted by Crippen LogP contribution is -3.00. The smallest absolute Gasteiger partial charge is 0.420 e. The largest absolute Gasteiger partial charge is 1.00 e. The van der Waals surface area contributed by atoms with Crippen molar-refractivity contribution in [3.8, 4) is 17.5 Å². The molecule has 6 atom stereocenters. The molecule has 6 unspecified atom stereocenters. The number of amides is 5. The summed E-state index contributed by atoms with van der Waals surface area (Å²) in [5.41, 5.74) is 26.9. The molecular weight excluding hydrogens is 1780 g/mol. The number of ether oxygens (including phenoxy) is 5. The molecule has 4 heterocycles. The Morgan fingerprint density at radius 1 is 0.545 bits per heavy atom. The number of para-hydroxylation sites is 1. The molecule has 6 aromatic rings. The third-order valence-corrected chi connectivity index (χ3v) is 20.5. The number of nitrogens with one attached hydrogen (secondary N) is 5. The molecule has 5 amide bonds. The van der Waals surface area contributed by atoms with E-state index in [0.717, 1.165) is 94.0 Å². The number of carbonyl (C=O) groups is 10. The van der Waals surface area contributed by atoms with Crippen LogP contribution in [0.25, 0.3) is 0 Å². The molecule has 0 bridgehead atoms. The molecule has 0 spiro atoms. The molecule has 33 nitrogen and oxygen atoms in total. The number of Topliss-reactive ketones (excluding diaryl/α,β-unsaturated/α-hetero) is 5. The number of aromatic nitrogens is 4. The lowest BCUT2D eigenvalue weighted by atomic mass is 10.0. The maximum absolute atomic E-state index is 13.6. The fraction of sp³-hybridized carbons (Fsp3) is 0.551. The second kappa shape index (κ2) is 60.7. The number of rotatable bonds is 52. The summed E-state index contributed by atoms with van der Waals surface area (Å²) in [7, 11) is 9.71. The van der Waals surface area contributed by atoms with E-state index in [2.05, 4.69) is 66.5 Å². The minimum absolute atomic E-state index is 0. The lowest BCUT2D eigenvalue weighted by molar-refractivity contribution is -0.278. The number of anilines is 1. The van der Waals surface area contributed by atoms with E-state index in [4.69, 9.17) is 47.6 Å². The number of quaternary nitrogens is 1.